The van der Waals surface area contributed by atoms with Gasteiger partial charge in [-0.2, -0.15) is 0 Å². The van der Waals surface area contributed by atoms with Gasteiger partial charge in [0.25, 0.3) is 11.8 Å². The maximum Gasteiger partial charge on any atom is 0.276 e. The lowest BCUT2D eigenvalue weighted by Crippen LogP contribution is -2.46. The van der Waals surface area contributed by atoms with E-state index >= 15 is 0 Å². The number of carbonyl (C=O) groups is 2. The fraction of sp³-hybridized carbons (Fsp3) is 0.469. The number of amides is 2. The molecule has 0 fully saturated rings. The van der Waals surface area contributed by atoms with Gasteiger partial charge in [-0.15, -0.1) is 0 Å². The van der Waals surface area contributed by atoms with Crippen LogP contribution in [-0.4, -0.2) is 72.8 Å². The van der Waals surface area contributed by atoms with Crippen LogP contribution >= 0.6 is 0 Å². The molecular formula is C32H41N3O5. The number of methoxy groups -OCH3 is 1. The number of aryl methyl sites for hydroxylation is 1. The minimum atomic E-state index is -0.267. The fourth-order valence-corrected chi connectivity index (χ4v) is 5.10. The van der Waals surface area contributed by atoms with E-state index in [0.29, 0.717) is 55.4 Å². The van der Waals surface area contributed by atoms with E-state index in [1.54, 1.807) is 13.2 Å². The number of nitrogens with zero attached hydrogens (tertiary/aromatic N) is 3. The van der Waals surface area contributed by atoms with Crippen LogP contribution in [0.4, 0.5) is 0 Å². The molecule has 0 aliphatic carbocycles. The van der Waals surface area contributed by atoms with Crippen LogP contribution in [0.5, 0.6) is 5.75 Å². The first-order valence-corrected chi connectivity index (χ1v) is 14.4. The number of rotatable bonds is 8. The molecule has 40 heavy (non-hydrogen) atoms. The van der Waals surface area contributed by atoms with Crippen molar-refractivity contribution in [2.24, 2.45) is 0 Å². The fourth-order valence-electron chi connectivity index (χ4n) is 5.10. The summed E-state index contributed by atoms with van der Waals surface area (Å²) in [6.07, 6.45) is 5.91. The summed E-state index contributed by atoms with van der Waals surface area (Å²) < 4.78 is 17.1. The molecule has 0 N–H and O–H groups in total. The van der Waals surface area contributed by atoms with Gasteiger partial charge in [0, 0.05) is 39.2 Å². The highest BCUT2D eigenvalue weighted by Gasteiger charge is 2.29. The zero-order valence-electron chi connectivity index (χ0n) is 23.7. The Labute approximate surface area is 237 Å². The lowest BCUT2D eigenvalue weighted by atomic mass is 10.0. The summed E-state index contributed by atoms with van der Waals surface area (Å²) in [6, 6.07) is 19.0. The van der Waals surface area contributed by atoms with Crippen molar-refractivity contribution < 1.29 is 23.6 Å². The van der Waals surface area contributed by atoms with Gasteiger partial charge in [-0.05, 0) is 43.4 Å². The summed E-state index contributed by atoms with van der Waals surface area (Å²) in [6.45, 7) is 4.55. The van der Waals surface area contributed by atoms with Crippen LogP contribution in [0.1, 0.15) is 71.2 Å². The molecule has 0 radical (unpaired) electrons. The first-order valence-electron chi connectivity index (χ1n) is 14.4. The van der Waals surface area contributed by atoms with Crippen LogP contribution in [0, 0.1) is 0 Å². The number of benzene rings is 2. The number of hydrogen-bond acceptors (Lipinski definition) is 6. The standard InChI is InChI=1S/C32H41N3O5/c1-3-13-27-23-29(33-40-27)32(37)35-19-12-5-4-11-18-34(20-21-38-2)31(36)28-16-9-10-17-30(28)39-24-26(35)22-25-14-7-6-8-15-25/h6-10,14-17,23,26H,3-5,11-13,18-22,24H2,1-2H3/t26-/m0/s1. The third kappa shape index (κ3) is 7.94. The molecule has 0 spiro atoms. The zero-order valence-corrected chi connectivity index (χ0v) is 23.7. The number of fused-ring (bicyclic) bond motifs is 1. The normalized spacial score (nSPS) is 17.1. The van der Waals surface area contributed by atoms with Crippen LogP contribution in [0.25, 0.3) is 0 Å². The van der Waals surface area contributed by atoms with Crippen LogP contribution in [0.15, 0.2) is 65.2 Å². The molecule has 8 nitrogen and oxygen atoms in total. The van der Waals surface area contributed by atoms with Gasteiger partial charge in [0.2, 0.25) is 0 Å². The number of hydrogen-bond donors (Lipinski definition) is 0. The summed E-state index contributed by atoms with van der Waals surface area (Å²) in [5, 5.41) is 4.12. The van der Waals surface area contributed by atoms with Crippen molar-refractivity contribution in [2.75, 3.05) is 40.0 Å². The van der Waals surface area contributed by atoms with Gasteiger partial charge in [-0.3, -0.25) is 9.59 Å². The molecule has 2 aromatic carbocycles. The maximum atomic E-state index is 13.9. The molecule has 0 saturated carbocycles. The Bertz CT molecular complexity index is 1210. The van der Waals surface area contributed by atoms with Crippen LogP contribution in [0.3, 0.4) is 0 Å². The Morgan fingerprint density at radius 1 is 1.02 bits per heavy atom. The Hall–Kier alpha value is -3.65. The molecule has 0 bridgehead atoms. The van der Waals surface area contributed by atoms with Gasteiger partial charge < -0.3 is 23.8 Å². The van der Waals surface area contributed by atoms with Crippen molar-refractivity contribution in [2.45, 2.75) is 57.9 Å². The van der Waals surface area contributed by atoms with Gasteiger partial charge in [-0.25, -0.2) is 0 Å². The monoisotopic (exact) mass is 547 g/mol. The quantitative estimate of drug-likeness (QED) is 0.374. The van der Waals surface area contributed by atoms with Crippen molar-refractivity contribution in [3.8, 4) is 5.75 Å². The van der Waals surface area contributed by atoms with Crippen molar-refractivity contribution >= 4 is 11.8 Å². The summed E-state index contributed by atoms with van der Waals surface area (Å²) in [4.78, 5) is 31.2. The largest absolute Gasteiger partial charge is 0.491 e. The van der Waals surface area contributed by atoms with E-state index < -0.39 is 0 Å². The van der Waals surface area contributed by atoms with E-state index in [1.165, 1.54) is 0 Å². The van der Waals surface area contributed by atoms with Gasteiger partial charge >= 0.3 is 0 Å². The number of aromatic nitrogens is 1. The number of carbonyl (C=O) groups excluding carboxylic acids is 2. The molecule has 0 unspecified atom stereocenters. The first-order chi connectivity index (χ1) is 19.6. The molecule has 3 aromatic rings. The van der Waals surface area contributed by atoms with E-state index in [2.05, 4.69) is 24.2 Å². The summed E-state index contributed by atoms with van der Waals surface area (Å²) >= 11 is 0. The minimum Gasteiger partial charge on any atom is -0.491 e. The van der Waals surface area contributed by atoms with Crippen molar-refractivity contribution in [1.29, 1.82) is 0 Å². The molecule has 1 aromatic heterocycles. The van der Waals surface area contributed by atoms with E-state index in [1.807, 2.05) is 52.3 Å². The third-order valence-electron chi connectivity index (χ3n) is 7.27. The lowest BCUT2D eigenvalue weighted by molar-refractivity contribution is 0.0582. The molecule has 214 valence electrons. The molecule has 0 saturated heterocycles. The summed E-state index contributed by atoms with van der Waals surface area (Å²) in [5.41, 5.74) is 1.96. The maximum absolute atomic E-state index is 13.9. The molecular weight excluding hydrogens is 506 g/mol. The van der Waals surface area contributed by atoms with Crippen molar-refractivity contribution in [3.63, 3.8) is 0 Å². The number of para-hydroxylation sites is 1. The average Bonchev–Trinajstić information content (AvgIpc) is 3.45. The van der Waals surface area contributed by atoms with Crippen molar-refractivity contribution in [1.82, 2.24) is 15.0 Å². The zero-order chi connectivity index (χ0) is 28.2. The highest BCUT2D eigenvalue weighted by atomic mass is 16.5. The molecule has 1 aliphatic rings. The highest BCUT2D eigenvalue weighted by molar-refractivity contribution is 5.97. The molecule has 8 heteroatoms. The topological polar surface area (TPSA) is 85.1 Å². The van der Waals surface area contributed by atoms with Gasteiger partial charge in [0.05, 0.1) is 18.2 Å². The Kier molecular flexibility index (Phi) is 11.2. The van der Waals surface area contributed by atoms with Gasteiger partial charge in [0.1, 0.15) is 18.1 Å². The molecule has 1 atom stereocenters. The van der Waals surface area contributed by atoms with Crippen LogP contribution in [0.2, 0.25) is 0 Å². The second-order valence-electron chi connectivity index (χ2n) is 10.3. The molecule has 4 rings (SSSR count). The summed E-state index contributed by atoms with van der Waals surface area (Å²) in [7, 11) is 1.65. The highest BCUT2D eigenvalue weighted by Crippen LogP contribution is 2.23. The third-order valence-corrected chi connectivity index (χ3v) is 7.27. The minimum absolute atomic E-state index is 0.0664. The Morgan fingerprint density at radius 3 is 2.55 bits per heavy atom. The van der Waals surface area contributed by atoms with E-state index in [0.717, 1.165) is 44.1 Å². The lowest BCUT2D eigenvalue weighted by Gasteiger charge is -2.32. The van der Waals surface area contributed by atoms with Crippen LogP contribution < -0.4 is 4.74 Å². The smallest absolute Gasteiger partial charge is 0.276 e. The molecule has 1 aliphatic heterocycles. The van der Waals surface area contributed by atoms with Gasteiger partial charge in [0.15, 0.2) is 5.69 Å². The number of ether oxygens (including phenoxy) is 2. The Morgan fingerprint density at radius 2 is 1.77 bits per heavy atom. The predicted octanol–water partition coefficient (Wildman–Crippen LogP) is 5.42. The molecule has 2 amide bonds. The van der Waals surface area contributed by atoms with Gasteiger partial charge in [-0.1, -0.05) is 67.4 Å². The van der Waals surface area contributed by atoms with Crippen molar-refractivity contribution in [3.05, 3.63) is 83.2 Å². The SMILES string of the molecule is CCCc1cc(C(=O)N2CCCCCCN(CCOC)C(=O)c3ccccc3OC[C@@H]2Cc2ccccc2)no1. The van der Waals surface area contributed by atoms with E-state index in [4.69, 9.17) is 14.0 Å². The second kappa shape index (κ2) is 15.2. The van der Waals surface area contributed by atoms with Crippen LogP contribution in [-0.2, 0) is 17.6 Å². The second-order valence-corrected chi connectivity index (χ2v) is 10.3. The molecule has 2 heterocycles. The average molecular weight is 548 g/mol. The first kappa shape index (κ1) is 29.3. The van der Waals surface area contributed by atoms with E-state index in [-0.39, 0.29) is 24.5 Å². The summed E-state index contributed by atoms with van der Waals surface area (Å²) in [5.74, 6) is 1.01. The predicted molar refractivity (Wildman–Crippen MR) is 154 cm³/mol. The Balaban J connectivity index is 1.66. The van der Waals surface area contributed by atoms with E-state index in [9.17, 15) is 9.59 Å².